The van der Waals surface area contributed by atoms with Gasteiger partial charge in [-0.1, -0.05) is 23.7 Å². The molecular formula is C17H16ClFN2O4S. The first-order chi connectivity index (χ1) is 12.2. The standard InChI is InChI=1S/C17H16ClFN2O4S/c1-26(23,24)21-10-16(25-15-7-4-12(18)8-14(15)21)17(22)20-9-11-2-5-13(19)6-3-11/h2-8,16H,9-10H2,1H3,(H,20,22)/t16-/m0/s1. The van der Waals surface area contributed by atoms with E-state index in [9.17, 15) is 17.6 Å². The van der Waals surface area contributed by atoms with Crippen molar-refractivity contribution in [1.29, 1.82) is 0 Å². The van der Waals surface area contributed by atoms with E-state index in [2.05, 4.69) is 5.32 Å². The van der Waals surface area contributed by atoms with Gasteiger partial charge in [-0.2, -0.15) is 0 Å². The van der Waals surface area contributed by atoms with E-state index >= 15 is 0 Å². The number of sulfonamides is 1. The molecular weight excluding hydrogens is 383 g/mol. The van der Waals surface area contributed by atoms with E-state index in [-0.39, 0.29) is 24.7 Å². The van der Waals surface area contributed by atoms with Gasteiger partial charge >= 0.3 is 0 Å². The molecule has 0 bridgehead atoms. The van der Waals surface area contributed by atoms with Crippen LogP contribution in [-0.2, 0) is 21.4 Å². The topological polar surface area (TPSA) is 75.7 Å². The first kappa shape index (κ1) is 18.5. The fraction of sp³-hybridized carbons (Fsp3) is 0.235. The van der Waals surface area contributed by atoms with Crippen molar-refractivity contribution in [3.63, 3.8) is 0 Å². The van der Waals surface area contributed by atoms with Gasteiger partial charge in [0.05, 0.1) is 18.5 Å². The van der Waals surface area contributed by atoms with E-state index in [4.69, 9.17) is 16.3 Å². The van der Waals surface area contributed by atoms with E-state index in [1.807, 2.05) is 0 Å². The number of carbonyl (C=O) groups is 1. The van der Waals surface area contributed by atoms with Gasteiger partial charge in [0.25, 0.3) is 5.91 Å². The van der Waals surface area contributed by atoms with Crippen LogP contribution in [0.3, 0.4) is 0 Å². The Morgan fingerprint density at radius 1 is 1.31 bits per heavy atom. The van der Waals surface area contributed by atoms with E-state index in [0.29, 0.717) is 16.3 Å². The van der Waals surface area contributed by atoms with Crippen LogP contribution in [0.1, 0.15) is 5.56 Å². The fourth-order valence-corrected chi connectivity index (χ4v) is 3.65. The summed E-state index contributed by atoms with van der Waals surface area (Å²) < 4.78 is 43.9. The maximum Gasteiger partial charge on any atom is 0.263 e. The van der Waals surface area contributed by atoms with Crippen molar-refractivity contribution in [3.8, 4) is 5.75 Å². The highest BCUT2D eigenvalue weighted by atomic mass is 35.5. The van der Waals surface area contributed by atoms with Gasteiger partial charge in [-0.25, -0.2) is 12.8 Å². The fourth-order valence-electron chi connectivity index (χ4n) is 2.58. The molecule has 1 N–H and O–H groups in total. The van der Waals surface area contributed by atoms with Crippen molar-refractivity contribution in [2.45, 2.75) is 12.6 Å². The maximum atomic E-state index is 12.9. The lowest BCUT2D eigenvalue weighted by Crippen LogP contribution is -2.50. The number of carbonyl (C=O) groups excluding carboxylic acids is 1. The quantitative estimate of drug-likeness (QED) is 0.857. The van der Waals surface area contributed by atoms with Crippen LogP contribution < -0.4 is 14.4 Å². The first-order valence-electron chi connectivity index (χ1n) is 7.70. The van der Waals surface area contributed by atoms with Crippen LogP contribution in [-0.4, -0.2) is 33.2 Å². The summed E-state index contributed by atoms with van der Waals surface area (Å²) in [6.07, 6.45) is 0.0371. The molecule has 138 valence electrons. The minimum absolute atomic E-state index is 0.165. The second-order valence-corrected chi connectivity index (χ2v) is 8.20. The van der Waals surface area contributed by atoms with E-state index < -0.39 is 22.0 Å². The van der Waals surface area contributed by atoms with Crippen LogP contribution >= 0.6 is 11.6 Å². The number of hydrogen-bond acceptors (Lipinski definition) is 4. The van der Waals surface area contributed by atoms with Crippen LogP contribution in [0.15, 0.2) is 42.5 Å². The number of hydrogen-bond donors (Lipinski definition) is 1. The minimum Gasteiger partial charge on any atom is -0.476 e. The predicted octanol–water partition coefficient (Wildman–Crippen LogP) is 2.32. The third kappa shape index (κ3) is 4.08. The predicted molar refractivity (Wildman–Crippen MR) is 96.3 cm³/mol. The van der Waals surface area contributed by atoms with Crippen molar-refractivity contribution in [1.82, 2.24) is 5.32 Å². The molecule has 0 spiro atoms. The molecule has 0 saturated carbocycles. The van der Waals surface area contributed by atoms with Crippen molar-refractivity contribution in [2.75, 3.05) is 17.1 Å². The van der Waals surface area contributed by atoms with Crippen molar-refractivity contribution >= 4 is 33.2 Å². The number of amides is 1. The Balaban J connectivity index is 1.77. The Kier molecular flexibility index (Phi) is 5.06. The summed E-state index contributed by atoms with van der Waals surface area (Å²) >= 11 is 5.94. The van der Waals surface area contributed by atoms with Gasteiger partial charge in [0, 0.05) is 11.6 Å². The molecule has 1 atom stereocenters. The zero-order valence-electron chi connectivity index (χ0n) is 13.8. The van der Waals surface area contributed by atoms with Crippen molar-refractivity contribution in [3.05, 3.63) is 58.9 Å². The molecule has 0 radical (unpaired) electrons. The minimum atomic E-state index is -3.62. The molecule has 1 heterocycles. The summed E-state index contributed by atoms with van der Waals surface area (Å²) in [4.78, 5) is 12.4. The smallest absolute Gasteiger partial charge is 0.263 e. The summed E-state index contributed by atoms with van der Waals surface area (Å²) in [5, 5.41) is 3.03. The highest BCUT2D eigenvalue weighted by Gasteiger charge is 2.35. The van der Waals surface area contributed by atoms with Crippen LogP contribution in [0.4, 0.5) is 10.1 Å². The average Bonchev–Trinajstić information content (AvgIpc) is 2.59. The first-order valence-corrected chi connectivity index (χ1v) is 9.93. The Morgan fingerprint density at radius 3 is 2.65 bits per heavy atom. The largest absolute Gasteiger partial charge is 0.476 e. The molecule has 1 amide bonds. The van der Waals surface area contributed by atoms with E-state index in [1.165, 1.54) is 24.3 Å². The van der Waals surface area contributed by atoms with Gasteiger partial charge in [-0.05, 0) is 35.9 Å². The van der Waals surface area contributed by atoms with Crippen LogP contribution in [0.5, 0.6) is 5.75 Å². The highest BCUT2D eigenvalue weighted by molar-refractivity contribution is 7.92. The van der Waals surface area contributed by atoms with Gasteiger partial charge in [0.2, 0.25) is 10.0 Å². The number of benzene rings is 2. The molecule has 9 heteroatoms. The van der Waals surface area contributed by atoms with Crippen LogP contribution in [0.25, 0.3) is 0 Å². The second-order valence-electron chi connectivity index (χ2n) is 5.86. The Morgan fingerprint density at radius 2 is 2.00 bits per heavy atom. The van der Waals surface area contributed by atoms with E-state index in [0.717, 1.165) is 10.6 Å². The molecule has 0 fully saturated rings. The molecule has 0 unspecified atom stereocenters. The lowest BCUT2D eigenvalue weighted by Gasteiger charge is -2.34. The number of halogens is 2. The summed E-state index contributed by atoms with van der Waals surface area (Å²) in [5.74, 6) is -0.577. The number of ether oxygens (including phenoxy) is 1. The molecule has 1 aliphatic rings. The Labute approximate surface area is 155 Å². The molecule has 26 heavy (non-hydrogen) atoms. The molecule has 2 aromatic carbocycles. The third-order valence-corrected chi connectivity index (χ3v) is 5.24. The lowest BCUT2D eigenvalue weighted by atomic mass is 10.2. The number of fused-ring (bicyclic) bond motifs is 1. The normalized spacial score (nSPS) is 16.6. The Hall–Kier alpha value is -2.32. The van der Waals surface area contributed by atoms with Gasteiger partial charge in [-0.15, -0.1) is 0 Å². The van der Waals surface area contributed by atoms with Crippen LogP contribution in [0, 0.1) is 5.82 Å². The van der Waals surface area contributed by atoms with Crippen molar-refractivity contribution < 1.29 is 22.3 Å². The zero-order valence-corrected chi connectivity index (χ0v) is 15.3. The molecule has 0 aliphatic carbocycles. The zero-order chi connectivity index (χ0) is 18.9. The van der Waals surface area contributed by atoms with E-state index in [1.54, 1.807) is 18.2 Å². The molecule has 3 rings (SSSR count). The molecule has 6 nitrogen and oxygen atoms in total. The van der Waals surface area contributed by atoms with Gasteiger partial charge in [-0.3, -0.25) is 9.10 Å². The summed E-state index contributed by atoms with van der Waals surface area (Å²) in [5.41, 5.74) is 1.00. The van der Waals surface area contributed by atoms with Gasteiger partial charge in [0.1, 0.15) is 11.6 Å². The second kappa shape index (κ2) is 7.13. The lowest BCUT2D eigenvalue weighted by molar-refractivity contribution is -0.127. The number of nitrogens with zero attached hydrogens (tertiary/aromatic N) is 1. The highest BCUT2D eigenvalue weighted by Crippen LogP contribution is 2.37. The van der Waals surface area contributed by atoms with Crippen LogP contribution in [0.2, 0.25) is 5.02 Å². The molecule has 0 saturated heterocycles. The summed E-state index contributed by atoms with van der Waals surface area (Å²) in [6, 6.07) is 10.3. The number of nitrogens with one attached hydrogen (secondary N) is 1. The SMILES string of the molecule is CS(=O)(=O)N1C[C@@H](C(=O)NCc2ccc(F)cc2)Oc2ccc(Cl)cc21. The van der Waals surface area contributed by atoms with Gasteiger partial charge in [0.15, 0.2) is 6.10 Å². The molecule has 1 aliphatic heterocycles. The number of anilines is 1. The maximum absolute atomic E-state index is 12.9. The third-order valence-electron chi connectivity index (χ3n) is 3.86. The average molecular weight is 399 g/mol. The van der Waals surface area contributed by atoms with Crippen molar-refractivity contribution in [2.24, 2.45) is 0 Å². The number of rotatable bonds is 4. The summed E-state index contributed by atoms with van der Waals surface area (Å²) in [6.45, 7) is 0.00670. The molecule has 0 aromatic heterocycles. The summed E-state index contributed by atoms with van der Waals surface area (Å²) in [7, 11) is -3.62. The van der Waals surface area contributed by atoms with Gasteiger partial charge < -0.3 is 10.1 Å². The monoisotopic (exact) mass is 398 g/mol. The molecule has 2 aromatic rings. The Bertz CT molecular complexity index is 934.